The first kappa shape index (κ1) is 17.2. The summed E-state index contributed by atoms with van der Waals surface area (Å²) in [4.78, 5) is 23.1. The number of rotatable bonds is 7. The van der Waals surface area contributed by atoms with Crippen LogP contribution in [0.25, 0.3) is 0 Å². The zero-order chi connectivity index (χ0) is 16.2. The molecule has 6 heteroatoms. The summed E-state index contributed by atoms with van der Waals surface area (Å²) in [7, 11) is 1.87. The van der Waals surface area contributed by atoms with Crippen LogP contribution < -0.4 is 5.32 Å². The highest BCUT2D eigenvalue weighted by Crippen LogP contribution is 2.14. The average molecular weight is 295 g/mol. The number of aryl methyl sites for hydroxylation is 2. The SMILES string of the molecule is Cc1nn(C)c(C)c1CCC(=O)NC(CC(C)C)C(=O)O. The van der Waals surface area contributed by atoms with Crippen LogP contribution in [0.3, 0.4) is 0 Å². The number of carbonyl (C=O) groups excluding carboxylic acids is 1. The summed E-state index contributed by atoms with van der Waals surface area (Å²) < 4.78 is 1.79. The zero-order valence-corrected chi connectivity index (χ0v) is 13.4. The van der Waals surface area contributed by atoms with Crippen molar-refractivity contribution in [1.29, 1.82) is 0 Å². The van der Waals surface area contributed by atoms with E-state index >= 15 is 0 Å². The van der Waals surface area contributed by atoms with Gasteiger partial charge >= 0.3 is 5.97 Å². The third kappa shape index (κ3) is 4.88. The second kappa shape index (κ2) is 7.24. The molecule has 0 bridgehead atoms. The molecule has 1 aromatic rings. The summed E-state index contributed by atoms with van der Waals surface area (Å²) in [5.74, 6) is -0.995. The topological polar surface area (TPSA) is 84.2 Å². The molecule has 0 aliphatic heterocycles. The van der Waals surface area contributed by atoms with E-state index in [2.05, 4.69) is 10.4 Å². The maximum absolute atomic E-state index is 11.9. The number of carboxylic acids is 1. The van der Waals surface area contributed by atoms with E-state index in [0.717, 1.165) is 17.0 Å². The van der Waals surface area contributed by atoms with Crippen molar-refractivity contribution in [2.75, 3.05) is 0 Å². The predicted octanol–water partition coefficient (Wildman–Crippen LogP) is 1.59. The van der Waals surface area contributed by atoms with Crippen molar-refractivity contribution in [3.63, 3.8) is 0 Å². The van der Waals surface area contributed by atoms with E-state index in [-0.39, 0.29) is 18.2 Å². The van der Waals surface area contributed by atoms with Crippen molar-refractivity contribution in [2.24, 2.45) is 13.0 Å². The third-order valence-corrected chi connectivity index (χ3v) is 3.60. The van der Waals surface area contributed by atoms with E-state index in [1.54, 1.807) is 4.68 Å². The van der Waals surface area contributed by atoms with Crippen LogP contribution in [-0.2, 0) is 23.1 Å². The molecule has 2 N–H and O–H groups in total. The molecule has 1 unspecified atom stereocenters. The van der Waals surface area contributed by atoms with Gasteiger partial charge in [-0.05, 0) is 38.2 Å². The number of nitrogens with zero attached hydrogens (tertiary/aromatic N) is 2. The molecule has 0 aliphatic rings. The number of amides is 1. The minimum absolute atomic E-state index is 0.217. The number of nitrogens with one attached hydrogen (secondary N) is 1. The van der Waals surface area contributed by atoms with E-state index in [4.69, 9.17) is 5.11 Å². The Bertz CT molecular complexity index is 520. The molecule has 0 radical (unpaired) electrons. The summed E-state index contributed by atoms with van der Waals surface area (Å²) in [5.41, 5.74) is 3.01. The van der Waals surface area contributed by atoms with Crippen LogP contribution in [0.4, 0.5) is 0 Å². The van der Waals surface area contributed by atoms with E-state index in [9.17, 15) is 9.59 Å². The molecule has 21 heavy (non-hydrogen) atoms. The minimum atomic E-state index is -0.981. The van der Waals surface area contributed by atoms with Crippen LogP contribution in [0, 0.1) is 19.8 Å². The van der Waals surface area contributed by atoms with Gasteiger partial charge in [-0.25, -0.2) is 4.79 Å². The lowest BCUT2D eigenvalue weighted by molar-refractivity contribution is -0.142. The molecule has 0 aromatic carbocycles. The average Bonchev–Trinajstić information content (AvgIpc) is 2.60. The number of hydrogen-bond donors (Lipinski definition) is 2. The highest BCUT2D eigenvalue weighted by molar-refractivity contribution is 5.83. The van der Waals surface area contributed by atoms with Gasteiger partial charge in [0.15, 0.2) is 0 Å². The number of aromatic nitrogens is 2. The first-order valence-electron chi connectivity index (χ1n) is 7.23. The van der Waals surface area contributed by atoms with Crippen molar-refractivity contribution in [3.8, 4) is 0 Å². The Labute approximate surface area is 125 Å². The Hall–Kier alpha value is -1.85. The summed E-state index contributed by atoms with van der Waals surface area (Å²) in [6, 6.07) is -0.811. The van der Waals surface area contributed by atoms with E-state index < -0.39 is 12.0 Å². The Morgan fingerprint density at radius 2 is 1.95 bits per heavy atom. The lowest BCUT2D eigenvalue weighted by Crippen LogP contribution is -2.41. The molecule has 1 atom stereocenters. The van der Waals surface area contributed by atoms with Crippen molar-refractivity contribution in [1.82, 2.24) is 15.1 Å². The molecule has 0 aliphatic carbocycles. The molecular formula is C15H25N3O3. The predicted molar refractivity (Wildman–Crippen MR) is 80.0 cm³/mol. The Morgan fingerprint density at radius 1 is 1.33 bits per heavy atom. The molecule has 1 aromatic heterocycles. The number of aliphatic carboxylic acids is 1. The first-order valence-corrected chi connectivity index (χ1v) is 7.23. The van der Waals surface area contributed by atoms with Crippen LogP contribution >= 0.6 is 0 Å². The number of carbonyl (C=O) groups is 2. The van der Waals surface area contributed by atoms with Gasteiger partial charge in [0, 0.05) is 19.2 Å². The molecular weight excluding hydrogens is 270 g/mol. The largest absolute Gasteiger partial charge is 0.480 e. The van der Waals surface area contributed by atoms with Crippen LogP contribution in [0.2, 0.25) is 0 Å². The van der Waals surface area contributed by atoms with Crippen LogP contribution in [0.1, 0.15) is 43.6 Å². The van der Waals surface area contributed by atoms with Crippen LogP contribution in [-0.4, -0.2) is 32.8 Å². The smallest absolute Gasteiger partial charge is 0.326 e. The molecule has 0 saturated carbocycles. The van der Waals surface area contributed by atoms with Gasteiger partial charge in [0.2, 0.25) is 5.91 Å². The van der Waals surface area contributed by atoms with Gasteiger partial charge in [-0.1, -0.05) is 13.8 Å². The summed E-state index contributed by atoms with van der Waals surface area (Å²) in [5, 5.41) is 16.0. The molecule has 0 spiro atoms. The first-order chi connectivity index (χ1) is 9.72. The Morgan fingerprint density at radius 3 is 2.38 bits per heavy atom. The van der Waals surface area contributed by atoms with Gasteiger partial charge in [-0.3, -0.25) is 9.48 Å². The molecule has 1 heterocycles. The van der Waals surface area contributed by atoms with E-state index in [1.807, 2.05) is 34.7 Å². The van der Waals surface area contributed by atoms with Gasteiger partial charge < -0.3 is 10.4 Å². The Balaban J connectivity index is 2.59. The van der Waals surface area contributed by atoms with E-state index in [1.165, 1.54) is 0 Å². The molecule has 0 saturated heterocycles. The van der Waals surface area contributed by atoms with Crippen molar-refractivity contribution in [2.45, 2.75) is 53.0 Å². The van der Waals surface area contributed by atoms with Gasteiger partial charge in [0.1, 0.15) is 6.04 Å². The highest BCUT2D eigenvalue weighted by Gasteiger charge is 2.21. The fraction of sp³-hybridized carbons (Fsp3) is 0.667. The summed E-state index contributed by atoms with van der Waals surface area (Å²) >= 11 is 0. The Kier molecular flexibility index (Phi) is 5.93. The molecule has 1 amide bonds. The standard InChI is InChI=1S/C15H25N3O3/c1-9(2)8-13(15(20)21)16-14(19)7-6-12-10(3)17-18(5)11(12)4/h9,13H,6-8H2,1-5H3,(H,16,19)(H,20,21). The normalized spacial score (nSPS) is 12.5. The second-order valence-electron chi connectivity index (χ2n) is 5.86. The summed E-state index contributed by atoms with van der Waals surface area (Å²) in [6.45, 7) is 7.75. The monoisotopic (exact) mass is 295 g/mol. The highest BCUT2D eigenvalue weighted by atomic mass is 16.4. The van der Waals surface area contributed by atoms with Gasteiger partial charge in [-0.15, -0.1) is 0 Å². The fourth-order valence-electron chi connectivity index (χ4n) is 2.38. The quantitative estimate of drug-likeness (QED) is 0.800. The molecule has 118 valence electrons. The zero-order valence-electron chi connectivity index (χ0n) is 13.4. The third-order valence-electron chi connectivity index (χ3n) is 3.60. The second-order valence-corrected chi connectivity index (χ2v) is 5.86. The van der Waals surface area contributed by atoms with E-state index in [0.29, 0.717) is 12.8 Å². The summed E-state index contributed by atoms with van der Waals surface area (Å²) in [6.07, 6.45) is 1.28. The van der Waals surface area contributed by atoms with Crippen molar-refractivity contribution >= 4 is 11.9 Å². The maximum atomic E-state index is 11.9. The van der Waals surface area contributed by atoms with Crippen LogP contribution in [0.5, 0.6) is 0 Å². The van der Waals surface area contributed by atoms with Crippen LogP contribution in [0.15, 0.2) is 0 Å². The number of hydrogen-bond acceptors (Lipinski definition) is 3. The van der Waals surface area contributed by atoms with Gasteiger partial charge in [0.25, 0.3) is 0 Å². The molecule has 6 nitrogen and oxygen atoms in total. The minimum Gasteiger partial charge on any atom is -0.480 e. The van der Waals surface area contributed by atoms with Gasteiger partial charge in [0.05, 0.1) is 5.69 Å². The molecule has 1 rings (SSSR count). The number of carboxylic acid groups (broad SMARTS) is 1. The maximum Gasteiger partial charge on any atom is 0.326 e. The molecule has 0 fully saturated rings. The van der Waals surface area contributed by atoms with Crippen molar-refractivity contribution < 1.29 is 14.7 Å². The fourth-order valence-corrected chi connectivity index (χ4v) is 2.38. The van der Waals surface area contributed by atoms with Gasteiger partial charge in [-0.2, -0.15) is 5.10 Å². The lowest BCUT2D eigenvalue weighted by Gasteiger charge is -2.16. The lowest BCUT2D eigenvalue weighted by atomic mass is 10.0. The van der Waals surface area contributed by atoms with Crippen molar-refractivity contribution in [3.05, 3.63) is 17.0 Å².